The van der Waals surface area contributed by atoms with Gasteiger partial charge >= 0.3 is 0 Å². The van der Waals surface area contributed by atoms with Crippen molar-refractivity contribution in [2.24, 2.45) is 17.6 Å². The van der Waals surface area contributed by atoms with Gasteiger partial charge in [0.1, 0.15) is 0 Å². The van der Waals surface area contributed by atoms with E-state index in [1.54, 1.807) is 0 Å². The van der Waals surface area contributed by atoms with Gasteiger partial charge in [0.25, 0.3) is 0 Å². The molecule has 0 unspecified atom stereocenters. The predicted octanol–water partition coefficient (Wildman–Crippen LogP) is 1.36. The molecule has 0 saturated heterocycles. The molecule has 1 fully saturated rings. The smallest absolute Gasteiger partial charge is 0.0581 e. The SMILES string of the molecule is CC#CCNC1(CN)CC(C(C)C)C1. The van der Waals surface area contributed by atoms with Crippen molar-refractivity contribution in [1.82, 2.24) is 5.32 Å². The average Bonchev–Trinajstić information content (AvgIpc) is 2.09. The fourth-order valence-corrected chi connectivity index (χ4v) is 2.12. The van der Waals surface area contributed by atoms with Crippen LogP contribution < -0.4 is 11.1 Å². The summed E-state index contributed by atoms with van der Waals surface area (Å²) in [4.78, 5) is 0. The average molecular weight is 194 g/mol. The molecule has 1 saturated carbocycles. The zero-order valence-electron chi connectivity index (χ0n) is 9.56. The summed E-state index contributed by atoms with van der Waals surface area (Å²) >= 11 is 0. The van der Waals surface area contributed by atoms with Gasteiger partial charge in [0.2, 0.25) is 0 Å². The molecule has 3 N–H and O–H groups in total. The Morgan fingerprint density at radius 1 is 1.50 bits per heavy atom. The molecule has 0 amide bonds. The topological polar surface area (TPSA) is 38.0 Å². The summed E-state index contributed by atoms with van der Waals surface area (Å²) in [5.41, 5.74) is 6.00. The molecule has 0 aromatic carbocycles. The van der Waals surface area contributed by atoms with Crippen molar-refractivity contribution < 1.29 is 0 Å². The van der Waals surface area contributed by atoms with Crippen LogP contribution in [0.5, 0.6) is 0 Å². The molecule has 80 valence electrons. The van der Waals surface area contributed by atoms with Gasteiger partial charge in [0.05, 0.1) is 6.54 Å². The number of nitrogens with one attached hydrogen (secondary N) is 1. The van der Waals surface area contributed by atoms with Crippen LogP contribution in [-0.4, -0.2) is 18.6 Å². The molecular formula is C12H22N2. The van der Waals surface area contributed by atoms with E-state index < -0.39 is 0 Å². The second-order valence-corrected chi connectivity index (χ2v) is 4.68. The van der Waals surface area contributed by atoms with E-state index in [-0.39, 0.29) is 5.54 Å². The van der Waals surface area contributed by atoms with Crippen molar-refractivity contribution in [3.8, 4) is 11.8 Å². The van der Waals surface area contributed by atoms with Crippen LogP contribution in [0.3, 0.4) is 0 Å². The summed E-state index contributed by atoms with van der Waals surface area (Å²) < 4.78 is 0. The second-order valence-electron chi connectivity index (χ2n) is 4.68. The summed E-state index contributed by atoms with van der Waals surface area (Å²) in [6, 6.07) is 0. The molecule has 1 aliphatic carbocycles. The fraction of sp³-hybridized carbons (Fsp3) is 0.833. The van der Waals surface area contributed by atoms with Crippen molar-refractivity contribution >= 4 is 0 Å². The zero-order valence-corrected chi connectivity index (χ0v) is 9.56. The third kappa shape index (κ3) is 2.50. The van der Waals surface area contributed by atoms with Gasteiger partial charge in [-0.05, 0) is 31.6 Å². The summed E-state index contributed by atoms with van der Waals surface area (Å²) in [5.74, 6) is 7.56. The maximum atomic E-state index is 5.80. The Morgan fingerprint density at radius 2 is 2.14 bits per heavy atom. The van der Waals surface area contributed by atoms with Crippen molar-refractivity contribution in [2.75, 3.05) is 13.1 Å². The van der Waals surface area contributed by atoms with Crippen LogP contribution in [0.15, 0.2) is 0 Å². The molecule has 2 nitrogen and oxygen atoms in total. The first-order chi connectivity index (χ1) is 6.63. The van der Waals surface area contributed by atoms with E-state index in [4.69, 9.17) is 5.73 Å². The number of rotatable bonds is 4. The van der Waals surface area contributed by atoms with Crippen molar-refractivity contribution in [3.05, 3.63) is 0 Å². The zero-order chi connectivity index (χ0) is 10.6. The van der Waals surface area contributed by atoms with Crippen LogP contribution in [0.4, 0.5) is 0 Å². The third-order valence-corrected chi connectivity index (χ3v) is 3.37. The minimum atomic E-state index is 0.193. The summed E-state index contributed by atoms with van der Waals surface area (Å²) in [7, 11) is 0. The lowest BCUT2D eigenvalue weighted by Crippen LogP contribution is -2.60. The molecule has 0 spiro atoms. The van der Waals surface area contributed by atoms with Gasteiger partial charge in [-0.3, -0.25) is 5.32 Å². The van der Waals surface area contributed by atoms with Crippen LogP contribution in [0.2, 0.25) is 0 Å². The molecular weight excluding hydrogens is 172 g/mol. The Bertz CT molecular complexity index is 228. The van der Waals surface area contributed by atoms with E-state index in [1.165, 1.54) is 12.8 Å². The quantitative estimate of drug-likeness (QED) is 0.663. The monoisotopic (exact) mass is 194 g/mol. The second kappa shape index (κ2) is 4.82. The van der Waals surface area contributed by atoms with E-state index in [0.29, 0.717) is 0 Å². The third-order valence-electron chi connectivity index (χ3n) is 3.37. The van der Waals surface area contributed by atoms with Crippen molar-refractivity contribution in [1.29, 1.82) is 0 Å². The van der Waals surface area contributed by atoms with E-state index >= 15 is 0 Å². The Kier molecular flexibility index (Phi) is 3.97. The lowest BCUT2D eigenvalue weighted by molar-refractivity contribution is 0.0808. The Balaban J connectivity index is 2.35. The number of hydrogen-bond donors (Lipinski definition) is 2. The van der Waals surface area contributed by atoms with E-state index in [0.717, 1.165) is 24.9 Å². The molecule has 0 aromatic rings. The number of nitrogens with two attached hydrogens (primary N) is 1. The molecule has 0 aliphatic heterocycles. The van der Waals surface area contributed by atoms with Gasteiger partial charge in [0.15, 0.2) is 0 Å². The first-order valence-electron chi connectivity index (χ1n) is 5.48. The van der Waals surface area contributed by atoms with Gasteiger partial charge in [-0.25, -0.2) is 0 Å². The Hall–Kier alpha value is -0.520. The van der Waals surface area contributed by atoms with Gasteiger partial charge in [-0.2, -0.15) is 0 Å². The van der Waals surface area contributed by atoms with Gasteiger partial charge in [0, 0.05) is 12.1 Å². The molecule has 0 heterocycles. The van der Waals surface area contributed by atoms with Crippen LogP contribution in [0.25, 0.3) is 0 Å². The van der Waals surface area contributed by atoms with E-state index in [1.807, 2.05) is 6.92 Å². The van der Waals surface area contributed by atoms with Gasteiger partial charge < -0.3 is 5.73 Å². The predicted molar refractivity (Wildman–Crippen MR) is 60.8 cm³/mol. The van der Waals surface area contributed by atoms with Crippen LogP contribution >= 0.6 is 0 Å². The molecule has 0 aromatic heterocycles. The molecule has 14 heavy (non-hydrogen) atoms. The standard InChI is InChI=1S/C12H22N2/c1-4-5-6-14-12(9-13)7-11(8-12)10(2)3/h10-11,14H,6-9,13H2,1-3H3. The summed E-state index contributed by atoms with van der Waals surface area (Å²) in [6.07, 6.45) is 2.43. The normalized spacial score (nSPS) is 30.8. The number of hydrogen-bond acceptors (Lipinski definition) is 2. The van der Waals surface area contributed by atoms with Crippen LogP contribution in [-0.2, 0) is 0 Å². The van der Waals surface area contributed by atoms with Crippen LogP contribution in [0.1, 0.15) is 33.6 Å². The van der Waals surface area contributed by atoms with Crippen LogP contribution in [0, 0.1) is 23.7 Å². The highest BCUT2D eigenvalue weighted by Gasteiger charge is 2.43. The van der Waals surface area contributed by atoms with E-state index in [9.17, 15) is 0 Å². The lowest BCUT2D eigenvalue weighted by atomic mass is 9.64. The summed E-state index contributed by atoms with van der Waals surface area (Å²) in [5, 5.41) is 3.47. The molecule has 0 radical (unpaired) electrons. The molecule has 2 heteroatoms. The Morgan fingerprint density at radius 3 is 2.57 bits per heavy atom. The first kappa shape index (κ1) is 11.6. The molecule has 1 rings (SSSR count). The van der Waals surface area contributed by atoms with Crippen molar-refractivity contribution in [3.63, 3.8) is 0 Å². The fourth-order valence-electron chi connectivity index (χ4n) is 2.12. The van der Waals surface area contributed by atoms with Crippen molar-refractivity contribution in [2.45, 2.75) is 39.2 Å². The first-order valence-corrected chi connectivity index (χ1v) is 5.48. The summed E-state index contributed by atoms with van der Waals surface area (Å²) in [6.45, 7) is 7.96. The highest BCUT2D eigenvalue weighted by atomic mass is 15.0. The lowest BCUT2D eigenvalue weighted by Gasteiger charge is -2.49. The minimum absolute atomic E-state index is 0.193. The largest absolute Gasteiger partial charge is 0.329 e. The van der Waals surface area contributed by atoms with E-state index in [2.05, 4.69) is 31.0 Å². The van der Waals surface area contributed by atoms with Gasteiger partial charge in [-0.1, -0.05) is 19.8 Å². The molecule has 0 bridgehead atoms. The molecule has 1 aliphatic rings. The maximum Gasteiger partial charge on any atom is 0.0581 e. The maximum absolute atomic E-state index is 5.80. The minimum Gasteiger partial charge on any atom is -0.329 e. The molecule has 0 atom stereocenters. The highest BCUT2D eigenvalue weighted by molar-refractivity contribution is 5.06. The highest BCUT2D eigenvalue weighted by Crippen LogP contribution is 2.41. The Labute approximate surface area is 87.6 Å². The van der Waals surface area contributed by atoms with Gasteiger partial charge in [-0.15, -0.1) is 5.92 Å².